The van der Waals surface area contributed by atoms with Crippen molar-refractivity contribution in [3.05, 3.63) is 57.0 Å². The SMILES string of the molecule is Cc1c(C(=O)n2ccccc2=NC2CCCCC2)sc2ncn(C)c(=O)c12. The van der Waals surface area contributed by atoms with E-state index in [2.05, 4.69) is 4.98 Å². The summed E-state index contributed by atoms with van der Waals surface area (Å²) in [5.41, 5.74) is 1.23. The molecule has 1 saturated carbocycles. The molecule has 0 aromatic carbocycles. The van der Waals surface area contributed by atoms with Crippen LogP contribution in [-0.4, -0.2) is 26.1 Å². The van der Waals surface area contributed by atoms with Crippen LogP contribution in [0.1, 0.15) is 47.3 Å². The Morgan fingerprint density at radius 1 is 1.26 bits per heavy atom. The predicted octanol–water partition coefficient (Wildman–Crippen LogP) is 3.03. The number of hydrogen-bond acceptors (Lipinski definition) is 5. The minimum absolute atomic E-state index is 0.127. The molecule has 1 fully saturated rings. The lowest BCUT2D eigenvalue weighted by atomic mass is 9.96. The van der Waals surface area contributed by atoms with Crippen molar-refractivity contribution in [2.45, 2.75) is 45.1 Å². The van der Waals surface area contributed by atoms with Crippen LogP contribution in [0, 0.1) is 6.92 Å². The number of aryl methyl sites for hydroxylation is 2. The Hall–Kier alpha value is -2.54. The fraction of sp³-hybridized carbons (Fsp3) is 0.400. The summed E-state index contributed by atoms with van der Waals surface area (Å²) in [5.74, 6) is -0.160. The molecule has 1 aliphatic rings. The molecule has 0 amide bonds. The Balaban J connectivity index is 1.82. The van der Waals surface area contributed by atoms with E-state index in [-0.39, 0.29) is 17.5 Å². The van der Waals surface area contributed by atoms with E-state index in [9.17, 15) is 9.59 Å². The summed E-state index contributed by atoms with van der Waals surface area (Å²) >= 11 is 1.27. The number of fused-ring (bicyclic) bond motifs is 1. The molecule has 0 unspecified atom stereocenters. The van der Waals surface area contributed by atoms with Gasteiger partial charge in [-0.2, -0.15) is 0 Å². The van der Waals surface area contributed by atoms with Crippen LogP contribution in [0.4, 0.5) is 0 Å². The van der Waals surface area contributed by atoms with Crippen LogP contribution in [0.15, 0.2) is 40.5 Å². The molecule has 3 aromatic heterocycles. The van der Waals surface area contributed by atoms with E-state index in [1.807, 2.05) is 25.1 Å². The second-order valence-corrected chi connectivity index (χ2v) is 8.05. The first-order valence-corrected chi connectivity index (χ1v) is 10.1. The third kappa shape index (κ3) is 3.27. The molecule has 1 aliphatic carbocycles. The standard InChI is InChI=1S/C20H22N4O2S/c1-13-16-18(21-12-23(2)19(16)25)27-17(13)20(26)24-11-7-6-10-15(24)22-14-8-4-3-5-9-14/h6-7,10-12,14H,3-5,8-9H2,1-2H3. The summed E-state index contributed by atoms with van der Waals surface area (Å²) in [6.07, 6.45) is 9.05. The molecule has 4 rings (SSSR count). The van der Waals surface area contributed by atoms with Crippen LogP contribution in [0.2, 0.25) is 0 Å². The largest absolute Gasteiger partial charge is 0.302 e. The van der Waals surface area contributed by atoms with Gasteiger partial charge in [-0.15, -0.1) is 11.3 Å². The van der Waals surface area contributed by atoms with E-state index in [0.29, 0.717) is 26.1 Å². The van der Waals surface area contributed by atoms with E-state index >= 15 is 0 Å². The maximum absolute atomic E-state index is 13.3. The molecule has 140 valence electrons. The van der Waals surface area contributed by atoms with E-state index < -0.39 is 0 Å². The normalized spacial score (nSPS) is 16.1. The van der Waals surface area contributed by atoms with E-state index in [0.717, 1.165) is 12.8 Å². The van der Waals surface area contributed by atoms with Crippen LogP contribution >= 0.6 is 11.3 Å². The lowest BCUT2D eigenvalue weighted by molar-refractivity contribution is 0.0958. The van der Waals surface area contributed by atoms with Gasteiger partial charge in [0.2, 0.25) is 0 Å². The van der Waals surface area contributed by atoms with E-state index in [1.165, 1.54) is 41.5 Å². The highest BCUT2D eigenvalue weighted by atomic mass is 32.1. The smallest absolute Gasteiger partial charge is 0.273 e. The van der Waals surface area contributed by atoms with Gasteiger partial charge in [-0.3, -0.25) is 19.1 Å². The molecule has 0 spiro atoms. The third-order valence-electron chi connectivity index (χ3n) is 5.15. The molecule has 0 atom stereocenters. The average Bonchev–Trinajstić information content (AvgIpc) is 3.03. The van der Waals surface area contributed by atoms with Gasteiger partial charge in [0.25, 0.3) is 11.5 Å². The summed E-state index contributed by atoms with van der Waals surface area (Å²) in [4.78, 5) is 36.0. The number of thiophene rings is 1. The van der Waals surface area contributed by atoms with Gasteiger partial charge >= 0.3 is 0 Å². The first-order valence-electron chi connectivity index (χ1n) is 9.27. The second kappa shape index (κ2) is 7.23. The van der Waals surface area contributed by atoms with Gasteiger partial charge in [-0.25, -0.2) is 4.98 Å². The molecule has 0 saturated heterocycles. The van der Waals surface area contributed by atoms with Crippen molar-refractivity contribution in [3.63, 3.8) is 0 Å². The average molecular weight is 382 g/mol. The van der Waals surface area contributed by atoms with Crippen LogP contribution in [0.3, 0.4) is 0 Å². The fourth-order valence-electron chi connectivity index (χ4n) is 3.63. The highest BCUT2D eigenvalue weighted by Gasteiger charge is 2.21. The van der Waals surface area contributed by atoms with Gasteiger partial charge in [-0.1, -0.05) is 25.3 Å². The molecular formula is C20H22N4O2S. The van der Waals surface area contributed by atoms with Crippen LogP contribution in [0.5, 0.6) is 0 Å². The lowest BCUT2D eigenvalue weighted by Crippen LogP contribution is -2.29. The molecule has 3 aromatic rings. The number of hydrogen-bond donors (Lipinski definition) is 0. The Bertz CT molecular complexity index is 1130. The highest BCUT2D eigenvalue weighted by Crippen LogP contribution is 2.27. The zero-order valence-electron chi connectivity index (χ0n) is 15.5. The zero-order chi connectivity index (χ0) is 19.0. The molecule has 0 bridgehead atoms. The van der Waals surface area contributed by atoms with Crippen LogP contribution in [-0.2, 0) is 7.05 Å². The Morgan fingerprint density at radius 2 is 2.04 bits per heavy atom. The molecule has 7 heteroatoms. The molecular weight excluding hydrogens is 360 g/mol. The number of nitrogens with zero attached hydrogens (tertiary/aromatic N) is 4. The topological polar surface area (TPSA) is 69.2 Å². The monoisotopic (exact) mass is 382 g/mol. The second-order valence-electron chi connectivity index (χ2n) is 7.05. The van der Waals surface area contributed by atoms with Gasteiger partial charge in [0.15, 0.2) is 0 Å². The predicted molar refractivity (Wildman–Crippen MR) is 106 cm³/mol. The summed E-state index contributed by atoms with van der Waals surface area (Å²) in [6, 6.07) is 5.89. The van der Waals surface area contributed by atoms with Crippen molar-refractivity contribution in [1.82, 2.24) is 14.1 Å². The zero-order valence-corrected chi connectivity index (χ0v) is 16.3. The molecule has 3 heterocycles. The van der Waals surface area contributed by atoms with Crippen molar-refractivity contribution < 1.29 is 4.79 Å². The first-order chi connectivity index (χ1) is 13.1. The number of pyridine rings is 1. The first kappa shape index (κ1) is 17.9. The molecule has 27 heavy (non-hydrogen) atoms. The fourth-order valence-corrected chi connectivity index (χ4v) is 4.71. The highest BCUT2D eigenvalue weighted by molar-refractivity contribution is 7.20. The van der Waals surface area contributed by atoms with Gasteiger partial charge in [0.05, 0.1) is 22.6 Å². The number of aromatic nitrogens is 3. The van der Waals surface area contributed by atoms with Crippen molar-refractivity contribution >= 4 is 27.5 Å². The van der Waals surface area contributed by atoms with Gasteiger partial charge in [-0.05, 0) is 37.5 Å². The van der Waals surface area contributed by atoms with Crippen molar-refractivity contribution in [2.75, 3.05) is 0 Å². The minimum atomic E-state index is -0.160. The summed E-state index contributed by atoms with van der Waals surface area (Å²) in [6.45, 7) is 1.82. The Kier molecular flexibility index (Phi) is 4.78. The number of rotatable bonds is 2. The Labute approximate surface area is 160 Å². The van der Waals surface area contributed by atoms with Gasteiger partial charge in [0, 0.05) is 13.2 Å². The molecule has 0 N–H and O–H groups in total. The van der Waals surface area contributed by atoms with Crippen molar-refractivity contribution in [1.29, 1.82) is 0 Å². The summed E-state index contributed by atoms with van der Waals surface area (Å²) in [7, 11) is 1.67. The van der Waals surface area contributed by atoms with Crippen molar-refractivity contribution in [2.24, 2.45) is 12.0 Å². The van der Waals surface area contributed by atoms with Gasteiger partial charge in [0.1, 0.15) is 10.3 Å². The maximum Gasteiger partial charge on any atom is 0.273 e. The summed E-state index contributed by atoms with van der Waals surface area (Å²) < 4.78 is 3.03. The minimum Gasteiger partial charge on any atom is -0.302 e. The lowest BCUT2D eigenvalue weighted by Gasteiger charge is -2.17. The number of carbonyl (C=O) groups is 1. The quantitative estimate of drug-likeness (QED) is 0.684. The van der Waals surface area contributed by atoms with Gasteiger partial charge < -0.3 is 4.57 Å². The molecule has 0 radical (unpaired) electrons. The number of carbonyl (C=O) groups excluding carboxylic acids is 1. The van der Waals surface area contributed by atoms with Crippen molar-refractivity contribution in [3.8, 4) is 0 Å². The van der Waals surface area contributed by atoms with E-state index in [4.69, 9.17) is 4.99 Å². The van der Waals surface area contributed by atoms with Crippen LogP contribution in [0.25, 0.3) is 10.2 Å². The van der Waals surface area contributed by atoms with Crippen LogP contribution < -0.4 is 11.0 Å². The molecule has 6 nitrogen and oxygen atoms in total. The summed E-state index contributed by atoms with van der Waals surface area (Å²) in [5, 5.41) is 0.524. The Morgan fingerprint density at radius 3 is 2.81 bits per heavy atom. The third-order valence-corrected chi connectivity index (χ3v) is 6.34. The maximum atomic E-state index is 13.3. The van der Waals surface area contributed by atoms with E-state index in [1.54, 1.807) is 17.8 Å². The molecule has 0 aliphatic heterocycles.